The van der Waals surface area contributed by atoms with Crippen LogP contribution in [0.3, 0.4) is 0 Å². The smallest absolute Gasteiger partial charge is 0.255 e. The first-order chi connectivity index (χ1) is 12.9. The molecule has 0 aliphatic heterocycles. The summed E-state index contributed by atoms with van der Waals surface area (Å²) in [7, 11) is 0. The fourth-order valence-corrected chi connectivity index (χ4v) is 2.70. The Morgan fingerprint density at radius 3 is 2.04 bits per heavy atom. The van der Waals surface area contributed by atoms with Crippen molar-refractivity contribution in [2.45, 2.75) is 32.7 Å². The van der Waals surface area contributed by atoms with Crippen LogP contribution >= 0.6 is 0 Å². The highest BCUT2D eigenvalue weighted by Gasteiger charge is 2.14. The summed E-state index contributed by atoms with van der Waals surface area (Å²) >= 11 is 0. The number of amides is 1. The van der Waals surface area contributed by atoms with Gasteiger partial charge in [0.05, 0.1) is 0 Å². The second-order valence-corrected chi connectivity index (χ2v) is 7.57. The Balaban J connectivity index is 1.58. The third kappa shape index (κ3) is 5.17. The standard InChI is InChI=1S/C23H25N3O/c1-23(2,3)19-6-4-18(5-7-19)22(27)26-21-10-8-20(9-11-21)25-16-17-12-14-24-15-13-17/h4-15,25H,16H2,1-3H3,(H,26,27). The van der Waals surface area contributed by atoms with Crippen LogP contribution in [0.5, 0.6) is 0 Å². The summed E-state index contributed by atoms with van der Waals surface area (Å²) < 4.78 is 0. The van der Waals surface area contributed by atoms with E-state index in [9.17, 15) is 4.79 Å². The Morgan fingerprint density at radius 2 is 1.44 bits per heavy atom. The normalized spacial score (nSPS) is 11.1. The van der Waals surface area contributed by atoms with Crippen molar-refractivity contribution in [3.05, 3.63) is 89.7 Å². The molecule has 4 nitrogen and oxygen atoms in total. The number of rotatable bonds is 5. The zero-order valence-electron chi connectivity index (χ0n) is 16.0. The molecule has 0 saturated carbocycles. The molecule has 2 N–H and O–H groups in total. The lowest BCUT2D eigenvalue weighted by molar-refractivity contribution is 0.102. The quantitative estimate of drug-likeness (QED) is 0.655. The lowest BCUT2D eigenvalue weighted by atomic mass is 9.87. The molecule has 138 valence electrons. The number of carbonyl (C=O) groups is 1. The van der Waals surface area contributed by atoms with E-state index in [0.29, 0.717) is 5.56 Å². The summed E-state index contributed by atoms with van der Waals surface area (Å²) in [5.41, 5.74) is 4.88. The van der Waals surface area contributed by atoms with Gasteiger partial charge in [0.15, 0.2) is 0 Å². The van der Waals surface area contributed by atoms with Gasteiger partial charge in [0.2, 0.25) is 0 Å². The number of anilines is 2. The Bertz CT molecular complexity index is 880. The van der Waals surface area contributed by atoms with Gasteiger partial charge >= 0.3 is 0 Å². The van der Waals surface area contributed by atoms with Crippen molar-refractivity contribution in [3.63, 3.8) is 0 Å². The number of nitrogens with zero attached hydrogens (tertiary/aromatic N) is 1. The molecule has 1 aromatic heterocycles. The minimum absolute atomic E-state index is 0.0775. The third-order valence-electron chi connectivity index (χ3n) is 4.40. The highest BCUT2D eigenvalue weighted by atomic mass is 16.1. The summed E-state index contributed by atoms with van der Waals surface area (Å²) in [6.07, 6.45) is 3.56. The van der Waals surface area contributed by atoms with Crippen LogP contribution < -0.4 is 10.6 Å². The van der Waals surface area contributed by atoms with Crippen LogP contribution in [-0.4, -0.2) is 10.9 Å². The Labute approximate surface area is 160 Å². The molecule has 0 aliphatic carbocycles. The van der Waals surface area contributed by atoms with Gasteiger partial charge in [-0.1, -0.05) is 32.9 Å². The SMILES string of the molecule is CC(C)(C)c1ccc(C(=O)Nc2ccc(NCc3ccncc3)cc2)cc1. The number of benzene rings is 2. The van der Waals surface area contributed by atoms with Crippen molar-refractivity contribution in [1.82, 2.24) is 4.98 Å². The van der Waals surface area contributed by atoms with Gasteiger partial charge in [0, 0.05) is 35.9 Å². The van der Waals surface area contributed by atoms with Gasteiger partial charge in [-0.2, -0.15) is 0 Å². The van der Waals surface area contributed by atoms with Gasteiger partial charge in [-0.15, -0.1) is 0 Å². The molecule has 27 heavy (non-hydrogen) atoms. The van der Waals surface area contributed by atoms with Crippen molar-refractivity contribution in [1.29, 1.82) is 0 Å². The zero-order chi connectivity index (χ0) is 19.3. The van der Waals surface area contributed by atoms with Crippen LogP contribution in [0.2, 0.25) is 0 Å². The molecule has 0 saturated heterocycles. The van der Waals surface area contributed by atoms with Gasteiger partial charge in [-0.05, 0) is 65.1 Å². The summed E-state index contributed by atoms with van der Waals surface area (Å²) in [6.45, 7) is 7.21. The average molecular weight is 359 g/mol. The highest BCUT2D eigenvalue weighted by Crippen LogP contribution is 2.22. The van der Waals surface area contributed by atoms with E-state index in [1.54, 1.807) is 12.4 Å². The molecule has 0 atom stereocenters. The molecule has 1 heterocycles. The molecule has 4 heteroatoms. The Kier molecular flexibility index (Phi) is 5.55. The molecule has 0 spiro atoms. The van der Waals surface area contributed by atoms with Gasteiger partial charge in [-0.3, -0.25) is 9.78 Å². The van der Waals surface area contributed by atoms with Crippen molar-refractivity contribution in [2.75, 3.05) is 10.6 Å². The predicted octanol–water partition coefficient (Wildman–Crippen LogP) is 5.24. The van der Waals surface area contributed by atoms with Gasteiger partial charge in [0.1, 0.15) is 0 Å². The number of hydrogen-bond donors (Lipinski definition) is 2. The highest BCUT2D eigenvalue weighted by molar-refractivity contribution is 6.04. The van der Waals surface area contributed by atoms with Crippen LogP contribution in [-0.2, 0) is 12.0 Å². The maximum Gasteiger partial charge on any atom is 0.255 e. The van der Waals surface area contributed by atoms with Crippen molar-refractivity contribution in [3.8, 4) is 0 Å². The van der Waals surface area contributed by atoms with Crippen LogP contribution in [0.1, 0.15) is 42.3 Å². The molecule has 0 unspecified atom stereocenters. The number of carbonyl (C=O) groups excluding carboxylic acids is 1. The summed E-state index contributed by atoms with van der Waals surface area (Å²) in [5.74, 6) is -0.104. The Hall–Kier alpha value is -3.14. The van der Waals surface area contributed by atoms with E-state index in [0.717, 1.165) is 17.9 Å². The maximum absolute atomic E-state index is 12.4. The van der Waals surface area contributed by atoms with Gasteiger partial charge in [-0.25, -0.2) is 0 Å². The summed E-state index contributed by atoms with van der Waals surface area (Å²) in [5, 5.41) is 6.30. The second kappa shape index (κ2) is 8.04. The molecule has 0 radical (unpaired) electrons. The first kappa shape index (κ1) is 18.6. The first-order valence-electron chi connectivity index (χ1n) is 9.06. The van der Waals surface area contributed by atoms with Crippen molar-refractivity contribution < 1.29 is 4.79 Å². The van der Waals surface area contributed by atoms with Crippen LogP contribution in [0.4, 0.5) is 11.4 Å². The maximum atomic E-state index is 12.4. The second-order valence-electron chi connectivity index (χ2n) is 7.57. The van der Waals surface area contributed by atoms with E-state index in [2.05, 4.69) is 36.4 Å². The molecule has 2 aromatic carbocycles. The van der Waals surface area contributed by atoms with E-state index in [4.69, 9.17) is 0 Å². The zero-order valence-corrected chi connectivity index (χ0v) is 16.0. The van der Waals surface area contributed by atoms with Crippen molar-refractivity contribution in [2.24, 2.45) is 0 Å². The van der Waals surface area contributed by atoms with Crippen LogP contribution in [0.25, 0.3) is 0 Å². The van der Waals surface area contributed by atoms with Crippen LogP contribution in [0, 0.1) is 0 Å². The van der Waals surface area contributed by atoms with E-state index >= 15 is 0 Å². The average Bonchev–Trinajstić information content (AvgIpc) is 2.68. The third-order valence-corrected chi connectivity index (χ3v) is 4.40. The minimum Gasteiger partial charge on any atom is -0.381 e. The monoisotopic (exact) mass is 359 g/mol. The fraction of sp³-hybridized carbons (Fsp3) is 0.217. The van der Waals surface area contributed by atoms with E-state index < -0.39 is 0 Å². The minimum atomic E-state index is -0.104. The molecule has 0 bridgehead atoms. The summed E-state index contributed by atoms with van der Waals surface area (Å²) in [4.78, 5) is 16.5. The van der Waals surface area contributed by atoms with Gasteiger partial charge < -0.3 is 10.6 Å². The van der Waals surface area contributed by atoms with E-state index in [1.165, 1.54) is 11.1 Å². The number of nitrogens with one attached hydrogen (secondary N) is 2. The number of pyridine rings is 1. The molecular weight excluding hydrogens is 334 g/mol. The summed E-state index contributed by atoms with van der Waals surface area (Å²) in [6, 6.07) is 19.5. The molecular formula is C23H25N3O. The molecule has 3 rings (SSSR count). The molecule has 0 aliphatic rings. The van der Waals surface area contributed by atoms with E-state index in [-0.39, 0.29) is 11.3 Å². The van der Waals surface area contributed by atoms with Gasteiger partial charge in [0.25, 0.3) is 5.91 Å². The first-order valence-corrected chi connectivity index (χ1v) is 9.06. The van der Waals surface area contributed by atoms with Crippen LogP contribution in [0.15, 0.2) is 73.1 Å². The van der Waals surface area contributed by atoms with E-state index in [1.807, 2.05) is 60.7 Å². The fourth-order valence-electron chi connectivity index (χ4n) is 2.70. The number of hydrogen-bond acceptors (Lipinski definition) is 3. The predicted molar refractivity (Wildman–Crippen MR) is 111 cm³/mol. The largest absolute Gasteiger partial charge is 0.381 e. The molecule has 3 aromatic rings. The lowest BCUT2D eigenvalue weighted by Gasteiger charge is -2.19. The molecule has 1 amide bonds. The number of aromatic nitrogens is 1. The van der Waals surface area contributed by atoms with Crippen molar-refractivity contribution >= 4 is 17.3 Å². The molecule has 0 fully saturated rings. The topological polar surface area (TPSA) is 54.0 Å². The lowest BCUT2D eigenvalue weighted by Crippen LogP contribution is -2.14. The Morgan fingerprint density at radius 1 is 0.852 bits per heavy atom.